The summed E-state index contributed by atoms with van der Waals surface area (Å²) < 4.78 is 26.1. The van der Waals surface area contributed by atoms with E-state index >= 15 is 0 Å². The molecule has 2 atom stereocenters. The quantitative estimate of drug-likeness (QED) is 0.254. The molecule has 5 nitrogen and oxygen atoms in total. The van der Waals surface area contributed by atoms with Crippen LogP contribution < -0.4 is 4.74 Å². The van der Waals surface area contributed by atoms with Crippen LogP contribution in [0.4, 0.5) is 4.39 Å². The second-order valence-corrected chi connectivity index (χ2v) is 9.77. The number of esters is 1. The molecule has 1 heterocycles. The molecule has 0 radical (unpaired) electrons. The highest BCUT2D eigenvalue weighted by Crippen LogP contribution is 2.50. The van der Waals surface area contributed by atoms with E-state index in [9.17, 15) is 19.1 Å². The van der Waals surface area contributed by atoms with Crippen molar-refractivity contribution in [1.82, 2.24) is 0 Å². The molecule has 1 N–H and O–H groups in total. The third-order valence-electron chi connectivity index (χ3n) is 6.87. The van der Waals surface area contributed by atoms with Gasteiger partial charge in [-0.3, -0.25) is 4.79 Å². The maximum atomic E-state index is 13.7. The summed E-state index contributed by atoms with van der Waals surface area (Å²) in [5, 5.41) is 11.2. The lowest BCUT2D eigenvalue weighted by atomic mass is 9.82. The maximum absolute atomic E-state index is 13.7. The van der Waals surface area contributed by atoms with Crippen molar-refractivity contribution < 1.29 is 28.6 Å². The Morgan fingerprint density at radius 1 is 1.20 bits per heavy atom. The zero-order valence-corrected chi connectivity index (χ0v) is 20.7. The number of aryl methyl sites for hydroxylation is 1. The number of carbonyl (C=O) groups excluding carboxylic acids is 2. The second-order valence-electron chi connectivity index (χ2n) is 9.77. The van der Waals surface area contributed by atoms with Crippen molar-refractivity contribution in [1.29, 1.82) is 0 Å². The van der Waals surface area contributed by atoms with Gasteiger partial charge in [-0.25, -0.2) is 9.18 Å². The first kappa shape index (κ1) is 25.0. The Balaban J connectivity index is 1.91. The number of unbranched alkanes of at least 4 members (excludes halogenated alkanes) is 2. The molecule has 0 saturated carbocycles. The van der Waals surface area contributed by atoms with Gasteiger partial charge in [0.05, 0.1) is 6.42 Å². The van der Waals surface area contributed by atoms with Crippen LogP contribution in [0.5, 0.6) is 11.5 Å². The van der Waals surface area contributed by atoms with E-state index in [0.717, 1.165) is 38.5 Å². The molecule has 0 saturated heterocycles. The van der Waals surface area contributed by atoms with E-state index in [2.05, 4.69) is 19.9 Å². The Hall–Kier alpha value is -3.15. The zero-order chi connectivity index (χ0) is 25.2. The molecule has 2 unspecified atom stereocenters. The van der Waals surface area contributed by atoms with Crippen LogP contribution in [0, 0.1) is 5.82 Å². The van der Waals surface area contributed by atoms with Crippen LogP contribution in [0.3, 0.4) is 0 Å². The number of phenolic OH excluding ortho intramolecular Hbond substituents is 1. The summed E-state index contributed by atoms with van der Waals surface area (Å²) in [5.74, 6) is -2.80. The fourth-order valence-electron chi connectivity index (χ4n) is 5.21. The standard InChI is InChI=1S/C29H33FO5/c1-4-5-6-9-21-16-24(32)25(20-10-7-8-18(2)15-20)27-26(21)28(33)35-29(34-27,17-19(3)31)22-11-13-23(30)14-12-22/h11-16,20,32H,4-10,17H2,1-3H3. The van der Waals surface area contributed by atoms with Gasteiger partial charge in [-0.1, -0.05) is 31.4 Å². The molecule has 186 valence electrons. The van der Waals surface area contributed by atoms with Gasteiger partial charge in [0, 0.05) is 17.0 Å². The molecule has 2 aromatic carbocycles. The summed E-state index contributed by atoms with van der Waals surface area (Å²) in [5.41, 5.74) is 3.11. The van der Waals surface area contributed by atoms with Gasteiger partial charge in [0.25, 0.3) is 5.79 Å². The Labute approximate surface area is 206 Å². The molecule has 0 amide bonds. The summed E-state index contributed by atoms with van der Waals surface area (Å²) in [7, 11) is 0. The summed E-state index contributed by atoms with van der Waals surface area (Å²) in [4.78, 5) is 25.9. The topological polar surface area (TPSA) is 72.8 Å². The number of halogens is 1. The van der Waals surface area contributed by atoms with Gasteiger partial charge in [0.15, 0.2) is 0 Å². The molecule has 0 fully saturated rings. The predicted octanol–water partition coefficient (Wildman–Crippen LogP) is 6.86. The molecule has 1 aliphatic heterocycles. The predicted molar refractivity (Wildman–Crippen MR) is 131 cm³/mol. The van der Waals surface area contributed by atoms with E-state index in [0.29, 0.717) is 28.7 Å². The normalized spacial score (nSPS) is 21.5. The van der Waals surface area contributed by atoms with Crippen molar-refractivity contribution in [2.24, 2.45) is 0 Å². The first-order valence-corrected chi connectivity index (χ1v) is 12.5. The van der Waals surface area contributed by atoms with E-state index in [-0.39, 0.29) is 29.6 Å². The van der Waals surface area contributed by atoms with E-state index < -0.39 is 17.6 Å². The first-order valence-electron chi connectivity index (χ1n) is 12.5. The van der Waals surface area contributed by atoms with Crippen LogP contribution in [0.15, 0.2) is 42.0 Å². The lowest BCUT2D eigenvalue weighted by molar-refractivity contribution is -0.172. The first-order chi connectivity index (χ1) is 16.7. The summed E-state index contributed by atoms with van der Waals surface area (Å²) >= 11 is 0. The van der Waals surface area contributed by atoms with Gasteiger partial charge in [-0.15, -0.1) is 0 Å². The van der Waals surface area contributed by atoms with Crippen molar-refractivity contribution in [3.05, 3.63) is 70.1 Å². The number of hydrogen-bond donors (Lipinski definition) is 1. The van der Waals surface area contributed by atoms with Gasteiger partial charge in [0.1, 0.15) is 28.7 Å². The van der Waals surface area contributed by atoms with E-state index in [1.807, 2.05) is 0 Å². The summed E-state index contributed by atoms with van der Waals surface area (Å²) in [6.07, 6.45) is 8.09. The number of ether oxygens (including phenoxy) is 2. The average Bonchev–Trinajstić information content (AvgIpc) is 2.78. The number of cyclic esters (lactones) is 1. The number of aromatic hydroxyl groups is 1. The van der Waals surface area contributed by atoms with Crippen LogP contribution in [-0.4, -0.2) is 16.9 Å². The van der Waals surface area contributed by atoms with E-state index in [1.54, 1.807) is 6.07 Å². The minimum Gasteiger partial charge on any atom is -0.507 e. The van der Waals surface area contributed by atoms with Crippen molar-refractivity contribution in [2.75, 3.05) is 0 Å². The minimum atomic E-state index is -1.74. The highest BCUT2D eigenvalue weighted by atomic mass is 19.1. The molecular formula is C29H33FO5. The number of fused-ring (bicyclic) bond motifs is 1. The summed E-state index contributed by atoms with van der Waals surface area (Å²) in [6, 6.07) is 7.09. The molecule has 2 aliphatic rings. The van der Waals surface area contributed by atoms with E-state index in [1.165, 1.54) is 36.8 Å². The number of allylic oxidation sites excluding steroid dienone is 2. The van der Waals surface area contributed by atoms with Gasteiger partial charge in [-0.05, 0) is 81.8 Å². The minimum absolute atomic E-state index is 0.0803. The van der Waals surface area contributed by atoms with Crippen molar-refractivity contribution in [3.63, 3.8) is 0 Å². The lowest BCUT2D eigenvalue weighted by Gasteiger charge is -2.40. The number of phenols is 1. The number of hydrogen-bond acceptors (Lipinski definition) is 5. The number of carbonyl (C=O) groups is 2. The fourth-order valence-corrected chi connectivity index (χ4v) is 5.21. The van der Waals surface area contributed by atoms with Crippen LogP contribution in [-0.2, 0) is 21.7 Å². The Morgan fingerprint density at radius 2 is 1.94 bits per heavy atom. The molecular weight excluding hydrogens is 447 g/mol. The number of ketones is 1. The lowest BCUT2D eigenvalue weighted by Crippen LogP contribution is -2.44. The molecule has 4 rings (SSSR count). The van der Waals surface area contributed by atoms with Crippen LogP contribution >= 0.6 is 0 Å². The maximum Gasteiger partial charge on any atom is 0.345 e. The second kappa shape index (κ2) is 10.2. The monoisotopic (exact) mass is 480 g/mol. The van der Waals surface area contributed by atoms with Crippen LogP contribution in [0.25, 0.3) is 0 Å². The highest BCUT2D eigenvalue weighted by Gasteiger charge is 2.48. The van der Waals surface area contributed by atoms with Gasteiger partial charge < -0.3 is 14.6 Å². The molecule has 2 aromatic rings. The van der Waals surface area contributed by atoms with Crippen LogP contribution in [0.1, 0.15) is 98.7 Å². The Bertz CT molecular complexity index is 1150. The van der Waals surface area contributed by atoms with Gasteiger partial charge >= 0.3 is 5.97 Å². The van der Waals surface area contributed by atoms with Crippen molar-refractivity contribution in [2.45, 2.75) is 83.8 Å². The van der Waals surface area contributed by atoms with Crippen molar-refractivity contribution >= 4 is 11.8 Å². The third kappa shape index (κ3) is 5.12. The molecule has 0 aromatic heterocycles. The smallest absolute Gasteiger partial charge is 0.345 e. The average molecular weight is 481 g/mol. The van der Waals surface area contributed by atoms with Crippen molar-refractivity contribution in [3.8, 4) is 11.5 Å². The molecule has 6 heteroatoms. The zero-order valence-electron chi connectivity index (χ0n) is 20.7. The Morgan fingerprint density at radius 3 is 2.60 bits per heavy atom. The number of Topliss-reactive ketones (excluding diaryl/α,β-unsaturated/α-hetero) is 1. The third-order valence-corrected chi connectivity index (χ3v) is 6.87. The van der Waals surface area contributed by atoms with E-state index in [4.69, 9.17) is 9.47 Å². The molecule has 0 bridgehead atoms. The van der Waals surface area contributed by atoms with Gasteiger partial charge in [-0.2, -0.15) is 0 Å². The SMILES string of the molecule is CCCCCc1cc(O)c(C2C=C(C)CCC2)c2c1C(=O)OC(CC(C)=O)(c1ccc(F)cc1)O2. The molecule has 35 heavy (non-hydrogen) atoms. The molecule has 1 aliphatic carbocycles. The fraction of sp³-hybridized carbons (Fsp3) is 0.448. The summed E-state index contributed by atoms with van der Waals surface area (Å²) in [6.45, 7) is 5.55. The highest BCUT2D eigenvalue weighted by molar-refractivity contribution is 5.97. The number of benzene rings is 2. The van der Waals surface area contributed by atoms with Crippen LogP contribution in [0.2, 0.25) is 0 Å². The van der Waals surface area contributed by atoms with Gasteiger partial charge in [0.2, 0.25) is 0 Å². The largest absolute Gasteiger partial charge is 0.507 e. The number of rotatable bonds is 8. The molecule has 0 spiro atoms. The Kier molecular flexibility index (Phi) is 7.29.